The third-order valence-electron chi connectivity index (χ3n) is 5.01. The van der Waals surface area contributed by atoms with Gasteiger partial charge < -0.3 is 14.7 Å². The summed E-state index contributed by atoms with van der Waals surface area (Å²) in [7, 11) is 1.64. The summed E-state index contributed by atoms with van der Waals surface area (Å²) < 4.78 is 5.23. The molecule has 1 heterocycles. The minimum absolute atomic E-state index is 0.201. The molecule has 0 bridgehead atoms. The fourth-order valence-corrected chi connectivity index (χ4v) is 3.61. The molecule has 0 spiro atoms. The normalized spacial score (nSPS) is 16.8. The Morgan fingerprint density at radius 3 is 2.46 bits per heavy atom. The number of ether oxygens (including phenoxy) is 1. The number of benzene rings is 2. The van der Waals surface area contributed by atoms with E-state index in [0.29, 0.717) is 6.67 Å². The summed E-state index contributed by atoms with van der Waals surface area (Å²) in [5.41, 5.74) is 3.01. The van der Waals surface area contributed by atoms with Crippen molar-refractivity contribution in [1.29, 1.82) is 0 Å². The van der Waals surface area contributed by atoms with Gasteiger partial charge in [0, 0.05) is 5.69 Å². The zero-order chi connectivity index (χ0) is 18.1. The van der Waals surface area contributed by atoms with Crippen LogP contribution in [0.4, 0.5) is 17.1 Å². The van der Waals surface area contributed by atoms with Crippen molar-refractivity contribution in [1.82, 2.24) is 0 Å². The summed E-state index contributed by atoms with van der Waals surface area (Å²) in [5, 5.41) is 11.2. The highest BCUT2D eigenvalue weighted by atomic mass is 16.7. The number of aromatic carboxylic acids is 1. The van der Waals surface area contributed by atoms with Crippen molar-refractivity contribution in [2.75, 3.05) is 23.7 Å². The van der Waals surface area contributed by atoms with Gasteiger partial charge in [-0.2, -0.15) is 0 Å². The quantitative estimate of drug-likeness (QED) is 0.869. The molecule has 2 aromatic rings. The van der Waals surface area contributed by atoms with Gasteiger partial charge in [0.2, 0.25) is 0 Å². The van der Waals surface area contributed by atoms with Crippen molar-refractivity contribution < 1.29 is 19.5 Å². The molecular weight excluding hydrogens is 332 g/mol. The van der Waals surface area contributed by atoms with Gasteiger partial charge in [-0.25, -0.2) is 9.86 Å². The molecule has 0 saturated heterocycles. The highest BCUT2D eigenvalue weighted by Crippen LogP contribution is 2.42. The second-order valence-corrected chi connectivity index (χ2v) is 6.67. The van der Waals surface area contributed by atoms with E-state index in [1.54, 1.807) is 19.2 Å². The van der Waals surface area contributed by atoms with Gasteiger partial charge in [0.1, 0.15) is 12.4 Å². The van der Waals surface area contributed by atoms with Gasteiger partial charge in [0.25, 0.3) is 0 Å². The molecule has 0 aromatic heterocycles. The van der Waals surface area contributed by atoms with Crippen LogP contribution in [0, 0.1) is 0 Å². The maximum Gasteiger partial charge on any atom is 0.335 e. The second kappa shape index (κ2) is 6.88. The van der Waals surface area contributed by atoms with Crippen molar-refractivity contribution in [3.63, 3.8) is 0 Å². The average Bonchev–Trinajstić information content (AvgIpc) is 3.30. The number of carboxylic acids is 1. The first-order valence-electron chi connectivity index (χ1n) is 8.89. The molecule has 1 fully saturated rings. The first-order chi connectivity index (χ1) is 12.7. The Labute approximate surface area is 152 Å². The zero-order valence-corrected chi connectivity index (χ0v) is 14.7. The number of methoxy groups -OCH3 is 1. The Morgan fingerprint density at radius 1 is 1.08 bits per heavy atom. The van der Waals surface area contributed by atoms with Gasteiger partial charge in [-0.3, -0.25) is 4.84 Å². The van der Waals surface area contributed by atoms with Crippen molar-refractivity contribution in [3.8, 4) is 5.75 Å². The molecule has 136 valence electrons. The van der Waals surface area contributed by atoms with E-state index < -0.39 is 5.97 Å². The van der Waals surface area contributed by atoms with Gasteiger partial charge in [-0.1, -0.05) is 12.8 Å². The van der Waals surface area contributed by atoms with Gasteiger partial charge in [-0.15, -0.1) is 0 Å². The molecule has 0 atom stereocenters. The van der Waals surface area contributed by atoms with E-state index in [4.69, 9.17) is 9.57 Å². The van der Waals surface area contributed by atoms with Crippen LogP contribution in [0.2, 0.25) is 0 Å². The molecule has 1 N–H and O–H groups in total. The van der Waals surface area contributed by atoms with Crippen LogP contribution in [0.3, 0.4) is 0 Å². The zero-order valence-electron chi connectivity index (χ0n) is 14.7. The van der Waals surface area contributed by atoms with E-state index in [-0.39, 0.29) is 11.7 Å². The molecule has 1 aliphatic heterocycles. The molecule has 4 rings (SSSR count). The Bertz CT molecular complexity index is 800. The molecular formula is C20H22N2O4. The molecule has 6 nitrogen and oxygen atoms in total. The SMILES string of the molecule is COc1ccc(N2CN(OC3CCCC3)c3cc(C(=O)O)ccc32)cc1. The molecule has 1 saturated carbocycles. The minimum atomic E-state index is -0.934. The summed E-state index contributed by atoms with van der Waals surface area (Å²) in [6.07, 6.45) is 4.66. The maximum atomic E-state index is 11.4. The average molecular weight is 354 g/mol. The Kier molecular flexibility index (Phi) is 4.42. The number of carboxylic acid groups (broad SMARTS) is 1. The van der Waals surface area contributed by atoms with Gasteiger partial charge in [0.05, 0.1) is 30.2 Å². The lowest BCUT2D eigenvalue weighted by molar-refractivity contribution is 0.0412. The summed E-state index contributed by atoms with van der Waals surface area (Å²) in [6.45, 7) is 0.529. The largest absolute Gasteiger partial charge is 0.497 e. The predicted molar refractivity (Wildman–Crippen MR) is 99.2 cm³/mol. The number of anilines is 3. The van der Waals surface area contributed by atoms with Crippen LogP contribution < -0.4 is 14.7 Å². The van der Waals surface area contributed by atoms with Crippen molar-refractivity contribution >= 4 is 23.0 Å². The van der Waals surface area contributed by atoms with E-state index >= 15 is 0 Å². The van der Waals surface area contributed by atoms with Crippen LogP contribution in [-0.2, 0) is 4.84 Å². The fourth-order valence-electron chi connectivity index (χ4n) is 3.61. The second-order valence-electron chi connectivity index (χ2n) is 6.67. The van der Waals surface area contributed by atoms with E-state index in [1.807, 2.05) is 35.4 Å². The number of fused-ring (bicyclic) bond motifs is 1. The number of nitrogens with zero attached hydrogens (tertiary/aromatic N) is 2. The minimum Gasteiger partial charge on any atom is -0.497 e. The Hall–Kier alpha value is -2.73. The topological polar surface area (TPSA) is 62.2 Å². The number of hydroxylamine groups is 1. The predicted octanol–water partition coefficient (Wildman–Crippen LogP) is 4.18. The summed E-state index contributed by atoms with van der Waals surface area (Å²) in [4.78, 5) is 19.7. The molecule has 2 aliphatic rings. The summed E-state index contributed by atoms with van der Waals surface area (Å²) >= 11 is 0. The van der Waals surface area contributed by atoms with Crippen LogP contribution in [0.1, 0.15) is 36.0 Å². The standard InChI is InChI=1S/C20H22N2O4/c1-25-16-9-7-15(8-10-16)21-13-22(26-17-4-2-3-5-17)19-12-14(20(23)24)6-11-18(19)21/h6-12,17H,2-5,13H2,1H3,(H,23,24). The van der Waals surface area contributed by atoms with Gasteiger partial charge in [0.15, 0.2) is 0 Å². The molecule has 0 unspecified atom stereocenters. The number of hydrogen-bond acceptors (Lipinski definition) is 5. The lowest BCUT2D eigenvalue weighted by Gasteiger charge is -2.24. The molecule has 0 radical (unpaired) electrons. The van der Waals surface area contributed by atoms with E-state index in [2.05, 4.69) is 4.90 Å². The van der Waals surface area contributed by atoms with E-state index in [1.165, 1.54) is 12.8 Å². The lowest BCUT2D eigenvalue weighted by Crippen LogP contribution is -2.31. The fraction of sp³-hybridized carbons (Fsp3) is 0.350. The number of carbonyl (C=O) groups is 1. The van der Waals surface area contributed by atoms with Crippen molar-refractivity contribution in [3.05, 3.63) is 48.0 Å². The number of hydrogen-bond donors (Lipinski definition) is 1. The third kappa shape index (κ3) is 3.08. The highest BCUT2D eigenvalue weighted by Gasteiger charge is 2.31. The summed E-state index contributed by atoms with van der Waals surface area (Å²) in [5.74, 6) is -0.134. The van der Waals surface area contributed by atoms with Crippen LogP contribution in [0.15, 0.2) is 42.5 Å². The van der Waals surface area contributed by atoms with Crippen molar-refractivity contribution in [2.45, 2.75) is 31.8 Å². The maximum absolute atomic E-state index is 11.4. The first-order valence-corrected chi connectivity index (χ1v) is 8.89. The molecule has 6 heteroatoms. The first kappa shape index (κ1) is 16.7. The molecule has 1 aliphatic carbocycles. The Morgan fingerprint density at radius 2 is 1.81 bits per heavy atom. The smallest absolute Gasteiger partial charge is 0.335 e. The molecule has 26 heavy (non-hydrogen) atoms. The van der Waals surface area contributed by atoms with E-state index in [9.17, 15) is 9.90 Å². The van der Waals surface area contributed by atoms with Crippen molar-refractivity contribution in [2.24, 2.45) is 0 Å². The highest BCUT2D eigenvalue weighted by molar-refractivity contribution is 5.92. The lowest BCUT2D eigenvalue weighted by atomic mass is 10.1. The molecule has 0 amide bonds. The Balaban J connectivity index is 1.67. The van der Waals surface area contributed by atoms with Crippen LogP contribution in [-0.4, -0.2) is 31.0 Å². The van der Waals surface area contributed by atoms with Gasteiger partial charge in [-0.05, 0) is 55.3 Å². The summed E-state index contributed by atoms with van der Waals surface area (Å²) in [6, 6.07) is 13.0. The van der Waals surface area contributed by atoms with Crippen LogP contribution in [0.5, 0.6) is 5.75 Å². The van der Waals surface area contributed by atoms with E-state index in [0.717, 1.165) is 35.7 Å². The van der Waals surface area contributed by atoms with Crippen LogP contribution in [0.25, 0.3) is 0 Å². The third-order valence-corrected chi connectivity index (χ3v) is 5.01. The monoisotopic (exact) mass is 354 g/mol. The number of rotatable bonds is 5. The van der Waals surface area contributed by atoms with Crippen LogP contribution >= 0.6 is 0 Å². The van der Waals surface area contributed by atoms with Gasteiger partial charge >= 0.3 is 5.97 Å². The molecule has 2 aromatic carbocycles.